The molecule has 1 heterocycles. The van der Waals surface area contributed by atoms with Gasteiger partial charge in [0.25, 0.3) is 0 Å². The number of carbonyl (C=O) groups is 1. The first-order valence-corrected chi connectivity index (χ1v) is 6.27. The van der Waals surface area contributed by atoms with Gasteiger partial charge in [-0.1, -0.05) is 24.6 Å². The standard InChI is InChI=1S/C14H18FNO2/c1-18-14(17)13-8-4-5-9-16(13)10-11-6-2-3-7-12(11)15/h2-3,6-7,13H,4-5,8-10H2,1H3/t13-/m1/s1. The molecule has 0 bridgehead atoms. The van der Waals surface area contributed by atoms with E-state index >= 15 is 0 Å². The van der Waals surface area contributed by atoms with Crippen molar-refractivity contribution in [1.82, 2.24) is 4.90 Å². The molecule has 1 aliphatic rings. The molecule has 0 aliphatic carbocycles. The van der Waals surface area contributed by atoms with Gasteiger partial charge in [0.2, 0.25) is 0 Å². The molecule has 1 aliphatic heterocycles. The molecule has 1 saturated heterocycles. The summed E-state index contributed by atoms with van der Waals surface area (Å²) in [5.74, 6) is -0.433. The lowest BCUT2D eigenvalue weighted by atomic mass is 10.0. The van der Waals surface area contributed by atoms with Gasteiger partial charge >= 0.3 is 5.97 Å². The van der Waals surface area contributed by atoms with Crippen molar-refractivity contribution in [2.24, 2.45) is 0 Å². The van der Waals surface area contributed by atoms with Crippen molar-refractivity contribution >= 4 is 5.97 Å². The van der Waals surface area contributed by atoms with E-state index in [1.807, 2.05) is 11.0 Å². The summed E-state index contributed by atoms with van der Waals surface area (Å²) < 4.78 is 18.4. The Morgan fingerprint density at radius 1 is 1.44 bits per heavy atom. The number of piperidine rings is 1. The summed E-state index contributed by atoms with van der Waals surface area (Å²) in [7, 11) is 1.40. The van der Waals surface area contributed by atoms with Crippen LogP contribution in [0.3, 0.4) is 0 Å². The molecule has 1 atom stereocenters. The highest BCUT2D eigenvalue weighted by molar-refractivity contribution is 5.75. The van der Waals surface area contributed by atoms with Gasteiger partial charge in [-0.2, -0.15) is 0 Å². The fourth-order valence-electron chi connectivity index (χ4n) is 2.43. The summed E-state index contributed by atoms with van der Waals surface area (Å²) in [6, 6.07) is 6.47. The van der Waals surface area contributed by atoms with Crippen molar-refractivity contribution in [1.29, 1.82) is 0 Å². The molecule has 1 fully saturated rings. The van der Waals surface area contributed by atoms with E-state index in [1.54, 1.807) is 12.1 Å². The summed E-state index contributed by atoms with van der Waals surface area (Å²) in [6.07, 6.45) is 2.86. The molecule has 0 radical (unpaired) electrons. The van der Waals surface area contributed by atoms with Crippen LogP contribution in [-0.4, -0.2) is 30.6 Å². The maximum absolute atomic E-state index is 13.6. The molecular weight excluding hydrogens is 233 g/mol. The first-order valence-electron chi connectivity index (χ1n) is 6.27. The Bertz CT molecular complexity index is 422. The number of methoxy groups -OCH3 is 1. The quantitative estimate of drug-likeness (QED) is 0.772. The normalized spacial score (nSPS) is 20.7. The van der Waals surface area contributed by atoms with E-state index in [-0.39, 0.29) is 17.8 Å². The number of rotatable bonds is 3. The molecule has 98 valence electrons. The van der Waals surface area contributed by atoms with Crippen LogP contribution in [0, 0.1) is 5.82 Å². The number of nitrogens with zero attached hydrogens (tertiary/aromatic N) is 1. The smallest absolute Gasteiger partial charge is 0.323 e. The number of halogens is 1. The van der Waals surface area contributed by atoms with E-state index in [0.717, 1.165) is 25.8 Å². The Labute approximate surface area is 107 Å². The van der Waals surface area contributed by atoms with Gasteiger partial charge in [0, 0.05) is 12.1 Å². The molecule has 0 saturated carbocycles. The first kappa shape index (κ1) is 13.0. The zero-order valence-corrected chi connectivity index (χ0v) is 10.6. The summed E-state index contributed by atoms with van der Waals surface area (Å²) in [6.45, 7) is 1.28. The summed E-state index contributed by atoms with van der Waals surface area (Å²) in [5.41, 5.74) is 0.633. The van der Waals surface area contributed by atoms with Crippen LogP contribution >= 0.6 is 0 Å². The van der Waals surface area contributed by atoms with Crippen LogP contribution in [0.5, 0.6) is 0 Å². The topological polar surface area (TPSA) is 29.5 Å². The lowest BCUT2D eigenvalue weighted by Gasteiger charge is -2.33. The minimum atomic E-state index is -0.233. The highest BCUT2D eigenvalue weighted by atomic mass is 19.1. The van der Waals surface area contributed by atoms with E-state index in [4.69, 9.17) is 4.74 Å². The van der Waals surface area contributed by atoms with Crippen LogP contribution in [0.1, 0.15) is 24.8 Å². The molecule has 0 spiro atoms. The van der Waals surface area contributed by atoms with Crippen molar-refractivity contribution in [2.45, 2.75) is 31.8 Å². The number of benzene rings is 1. The Hall–Kier alpha value is -1.42. The maximum atomic E-state index is 13.6. The molecule has 1 aromatic carbocycles. The fourth-order valence-corrected chi connectivity index (χ4v) is 2.43. The van der Waals surface area contributed by atoms with Gasteiger partial charge in [0.05, 0.1) is 7.11 Å². The monoisotopic (exact) mass is 251 g/mol. The second-order valence-corrected chi connectivity index (χ2v) is 4.60. The zero-order chi connectivity index (χ0) is 13.0. The molecule has 1 aromatic rings. The van der Waals surface area contributed by atoms with E-state index in [0.29, 0.717) is 12.1 Å². The third-order valence-corrected chi connectivity index (χ3v) is 3.42. The SMILES string of the molecule is COC(=O)[C@H]1CCCCN1Cc1ccccc1F. The zero-order valence-electron chi connectivity index (χ0n) is 10.6. The van der Waals surface area contributed by atoms with Crippen LogP contribution in [0.4, 0.5) is 4.39 Å². The lowest BCUT2D eigenvalue weighted by Crippen LogP contribution is -2.44. The highest BCUT2D eigenvalue weighted by Gasteiger charge is 2.29. The molecule has 0 amide bonds. The van der Waals surface area contributed by atoms with Crippen molar-refractivity contribution in [3.63, 3.8) is 0 Å². The predicted molar refractivity (Wildman–Crippen MR) is 66.5 cm³/mol. The molecule has 0 aromatic heterocycles. The van der Waals surface area contributed by atoms with Crippen LogP contribution in [0.2, 0.25) is 0 Å². The Morgan fingerprint density at radius 3 is 2.94 bits per heavy atom. The maximum Gasteiger partial charge on any atom is 0.323 e. The molecule has 2 rings (SSSR count). The van der Waals surface area contributed by atoms with E-state index < -0.39 is 0 Å². The average molecular weight is 251 g/mol. The fraction of sp³-hybridized carbons (Fsp3) is 0.500. The number of hydrogen-bond acceptors (Lipinski definition) is 3. The van der Waals surface area contributed by atoms with Gasteiger partial charge < -0.3 is 4.74 Å². The van der Waals surface area contributed by atoms with Crippen LogP contribution < -0.4 is 0 Å². The number of likely N-dealkylation sites (tertiary alicyclic amines) is 1. The van der Waals surface area contributed by atoms with Crippen molar-refractivity contribution < 1.29 is 13.9 Å². The summed E-state index contributed by atoms with van der Waals surface area (Å²) in [5, 5.41) is 0. The molecule has 0 unspecified atom stereocenters. The second kappa shape index (κ2) is 5.96. The number of carbonyl (C=O) groups excluding carboxylic acids is 1. The van der Waals surface area contributed by atoms with E-state index in [2.05, 4.69) is 0 Å². The Morgan fingerprint density at radius 2 is 2.22 bits per heavy atom. The van der Waals surface area contributed by atoms with Gasteiger partial charge in [-0.05, 0) is 25.5 Å². The van der Waals surface area contributed by atoms with Gasteiger partial charge in [0.1, 0.15) is 11.9 Å². The predicted octanol–water partition coefficient (Wildman–Crippen LogP) is 2.35. The van der Waals surface area contributed by atoms with Crippen LogP contribution in [0.15, 0.2) is 24.3 Å². The molecule has 3 nitrogen and oxygen atoms in total. The van der Waals surface area contributed by atoms with Crippen LogP contribution in [0.25, 0.3) is 0 Å². The van der Waals surface area contributed by atoms with Gasteiger partial charge in [0.15, 0.2) is 0 Å². The van der Waals surface area contributed by atoms with Gasteiger partial charge in [-0.15, -0.1) is 0 Å². The summed E-state index contributed by atoms with van der Waals surface area (Å²) in [4.78, 5) is 13.7. The largest absolute Gasteiger partial charge is 0.468 e. The molecular formula is C14H18FNO2. The number of esters is 1. The lowest BCUT2D eigenvalue weighted by molar-refractivity contribution is -0.148. The second-order valence-electron chi connectivity index (χ2n) is 4.60. The number of ether oxygens (including phenoxy) is 1. The van der Waals surface area contributed by atoms with E-state index in [9.17, 15) is 9.18 Å². The minimum Gasteiger partial charge on any atom is -0.468 e. The van der Waals surface area contributed by atoms with E-state index in [1.165, 1.54) is 13.2 Å². The highest BCUT2D eigenvalue weighted by Crippen LogP contribution is 2.21. The molecule has 0 N–H and O–H groups in total. The Kier molecular flexibility index (Phi) is 4.31. The third kappa shape index (κ3) is 2.88. The minimum absolute atomic E-state index is 0.216. The van der Waals surface area contributed by atoms with Gasteiger partial charge in [-0.3, -0.25) is 9.69 Å². The number of hydrogen-bond donors (Lipinski definition) is 0. The van der Waals surface area contributed by atoms with Crippen LogP contribution in [-0.2, 0) is 16.1 Å². The van der Waals surface area contributed by atoms with Crippen molar-refractivity contribution in [2.75, 3.05) is 13.7 Å². The van der Waals surface area contributed by atoms with Gasteiger partial charge in [-0.25, -0.2) is 4.39 Å². The molecule has 18 heavy (non-hydrogen) atoms. The first-order chi connectivity index (χ1) is 8.72. The third-order valence-electron chi connectivity index (χ3n) is 3.42. The average Bonchev–Trinajstić information content (AvgIpc) is 2.41. The Balaban J connectivity index is 2.10. The van der Waals surface area contributed by atoms with Crippen molar-refractivity contribution in [3.8, 4) is 0 Å². The van der Waals surface area contributed by atoms with Crippen molar-refractivity contribution in [3.05, 3.63) is 35.6 Å². The summed E-state index contributed by atoms with van der Waals surface area (Å²) >= 11 is 0. The molecule has 4 heteroatoms.